The molecule has 0 spiro atoms. The number of ether oxygens (including phenoxy) is 1. The molecule has 0 amide bonds. The van der Waals surface area contributed by atoms with Crippen molar-refractivity contribution < 1.29 is 24.5 Å². The minimum Gasteiger partial charge on any atom is -0.478 e. The molecule has 0 aliphatic carbocycles. The number of pyridine rings is 1. The summed E-state index contributed by atoms with van der Waals surface area (Å²) in [6.45, 7) is 0.564. The minimum absolute atomic E-state index is 0.0848. The Morgan fingerprint density at radius 2 is 2.15 bits per heavy atom. The second-order valence-corrected chi connectivity index (χ2v) is 6.76. The van der Waals surface area contributed by atoms with Crippen LogP contribution in [0.4, 0.5) is 0 Å². The zero-order chi connectivity index (χ0) is 19.5. The predicted octanol–water partition coefficient (Wildman–Crippen LogP) is 0.867. The number of carbonyl (C=O) groups is 2. The van der Waals surface area contributed by atoms with Crippen molar-refractivity contribution >= 4 is 29.1 Å². The zero-order valence-electron chi connectivity index (χ0n) is 14.8. The molecule has 2 N–H and O–H groups in total. The molecule has 0 radical (unpaired) electrons. The highest BCUT2D eigenvalue weighted by Crippen LogP contribution is 2.34. The fraction of sp³-hybridized carbons (Fsp3) is 0.412. The summed E-state index contributed by atoms with van der Waals surface area (Å²) in [6.07, 6.45) is 2.45. The topological polar surface area (TPSA) is 103 Å². The number of likely N-dealkylation sites (N-methyl/N-ethyl adjacent to an activating group) is 1. The molecule has 9 heteroatoms. The fourth-order valence-corrected chi connectivity index (χ4v) is 3.05. The van der Waals surface area contributed by atoms with Crippen molar-refractivity contribution in [1.29, 1.82) is 0 Å². The van der Waals surface area contributed by atoms with Gasteiger partial charge in [-0.05, 0) is 26.2 Å². The number of carboxylic acid groups (broad SMARTS) is 2. The summed E-state index contributed by atoms with van der Waals surface area (Å²) in [5, 5.41) is 18.9. The van der Waals surface area contributed by atoms with E-state index in [1.54, 1.807) is 24.1 Å². The van der Waals surface area contributed by atoms with Crippen LogP contribution in [0.5, 0.6) is 5.88 Å². The Bertz CT molecular complexity index is 765. The van der Waals surface area contributed by atoms with Crippen LogP contribution in [-0.4, -0.2) is 81.8 Å². The number of rotatable bonds is 6. The van der Waals surface area contributed by atoms with Gasteiger partial charge in [0, 0.05) is 32.3 Å². The summed E-state index contributed by atoms with van der Waals surface area (Å²) < 4.78 is 6.08. The van der Waals surface area contributed by atoms with Crippen molar-refractivity contribution in [2.45, 2.75) is 12.0 Å². The SMILES string of the molecule is CN(C)CCC1(/C(=C/C(=O)O)C(=O)O)CN(C)C(=S)c2cccnc2O1. The summed E-state index contributed by atoms with van der Waals surface area (Å²) in [4.78, 5) is 31.4. The maximum atomic E-state index is 11.9. The molecule has 1 aliphatic rings. The van der Waals surface area contributed by atoms with E-state index in [9.17, 15) is 19.8 Å². The average Bonchev–Trinajstić information content (AvgIpc) is 2.66. The molecule has 0 saturated carbocycles. The Balaban J connectivity index is 2.65. The second kappa shape index (κ2) is 7.79. The van der Waals surface area contributed by atoms with E-state index < -0.39 is 17.5 Å². The molecule has 2 heterocycles. The van der Waals surface area contributed by atoms with Crippen LogP contribution < -0.4 is 4.74 Å². The van der Waals surface area contributed by atoms with Crippen molar-refractivity contribution in [3.05, 3.63) is 35.5 Å². The molecule has 8 nitrogen and oxygen atoms in total. The van der Waals surface area contributed by atoms with Crippen LogP contribution in [0.1, 0.15) is 12.0 Å². The van der Waals surface area contributed by atoms with Crippen molar-refractivity contribution in [2.24, 2.45) is 0 Å². The number of aliphatic carboxylic acids is 2. The summed E-state index contributed by atoms with van der Waals surface area (Å²) >= 11 is 5.46. The largest absolute Gasteiger partial charge is 0.478 e. The van der Waals surface area contributed by atoms with Crippen molar-refractivity contribution in [3.63, 3.8) is 0 Å². The van der Waals surface area contributed by atoms with Gasteiger partial charge in [-0.1, -0.05) is 12.2 Å². The smallest absolute Gasteiger partial charge is 0.335 e. The van der Waals surface area contributed by atoms with E-state index in [1.807, 2.05) is 19.0 Å². The number of nitrogens with zero attached hydrogens (tertiary/aromatic N) is 3. The maximum Gasteiger partial charge on any atom is 0.335 e. The Morgan fingerprint density at radius 3 is 2.73 bits per heavy atom. The summed E-state index contributed by atoms with van der Waals surface area (Å²) in [7, 11) is 5.40. The standard InChI is InChI=1S/C17H21N3O5S/c1-19(2)8-6-17(12(16(23)24)9-13(21)22)10-20(3)15(26)11-5-4-7-18-14(11)25-17/h4-5,7,9H,6,8,10H2,1-3H3,(H,21,22)(H,23,24)/b12-9+. The first-order valence-electron chi connectivity index (χ1n) is 7.89. The molecule has 1 atom stereocenters. The molecular weight excluding hydrogens is 358 g/mol. The number of thiocarbonyl (C=S) groups is 1. The second-order valence-electron chi connectivity index (χ2n) is 6.37. The van der Waals surface area contributed by atoms with Gasteiger partial charge in [0.2, 0.25) is 5.88 Å². The molecule has 1 aliphatic heterocycles. The van der Waals surface area contributed by atoms with Crippen LogP contribution in [0.3, 0.4) is 0 Å². The Morgan fingerprint density at radius 1 is 1.46 bits per heavy atom. The summed E-state index contributed by atoms with van der Waals surface area (Å²) in [5.74, 6) is -2.52. The first-order valence-corrected chi connectivity index (χ1v) is 8.30. The average molecular weight is 379 g/mol. The van der Waals surface area contributed by atoms with Gasteiger partial charge < -0.3 is 24.7 Å². The number of carboxylic acids is 2. The van der Waals surface area contributed by atoms with Gasteiger partial charge in [-0.15, -0.1) is 0 Å². The van der Waals surface area contributed by atoms with E-state index in [2.05, 4.69) is 4.98 Å². The van der Waals surface area contributed by atoms with Gasteiger partial charge >= 0.3 is 11.9 Å². The first kappa shape index (κ1) is 19.8. The molecule has 0 aromatic carbocycles. The van der Waals surface area contributed by atoms with Crippen LogP contribution in [-0.2, 0) is 9.59 Å². The third-order valence-electron chi connectivity index (χ3n) is 4.08. The van der Waals surface area contributed by atoms with Crippen LogP contribution in [0.15, 0.2) is 30.0 Å². The van der Waals surface area contributed by atoms with Crippen LogP contribution in [0.25, 0.3) is 0 Å². The molecule has 1 unspecified atom stereocenters. The lowest BCUT2D eigenvalue weighted by atomic mass is 9.88. The van der Waals surface area contributed by atoms with Gasteiger partial charge in [0.05, 0.1) is 17.7 Å². The van der Waals surface area contributed by atoms with Crippen molar-refractivity contribution in [3.8, 4) is 5.88 Å². The van der Waals surface area contributed by atoms with Gasteiger partial charge in [-0.3, -0.25) is 0 Å². The number of hydrogen-bond donors (Lipinski definition) is 2. The maximum absolute atomic E-state index is 11.9. The lowest BCUT2D eigenvalue weighted by molar-refractivity contribution is -0.137. The monoisotopic (exact) mass is 379 g/mol. The number of hydrogen-bond acceptors (Lipinski definition) is 6. The van der Waals surface area contributed by atoms with Gasteiger partial charge in [0.25, 0.3) is 0 Å². The molecule has 2 rings (SSSR count). The van der Waals surface area contributed by atoms with Crippen molar-refractivity contribution in [2.75, 3.05) is 34.2 Å². The zero-order valence-corrected chi connectivity index (χ0v) is 15.6. The van der Waals surface area contributed by atoms with E-state index in [0.29, 0.717) is 23.2 Å². The molecule has 26 heavy (non-hydrogen) atoms. The Hall–Kier alpha value is -2.52. The number of aromatic nitrogens is 1. The van der Waals surface area contributed by atoms with Gasteiger partial charge in [0.15, 0.2) is 5.60 Å². The van der Waals surface area contributed by atoms with E-state index >= 15 is 0 Å². The Kier molecular flexibility index (Phi) is 5.94. The third kappa shape index (κ3) is 4.17. The van der Waals surface area contributed by atoms with Crippen LogP contribution in [0, 0.1) is 0 Å². The van der Waals surface area contributed by atoms with Crippen LogP contribution in [0.2, 0.25) is 0 Å². The lowest BCUT2D eigenvalue weighted by Gasteiger charge is -2.36. The van der Waals surface area contributed by atoms with Gasteiger partial charge in [0.1, 0.15) is 4.99 Å². The highest BCUT2D eigenvalue weighted by atomic mass is 32.1. The normalized spacial score (nSPS) is 20.4. The fourth-order valence-electron chi connectivity index (χ4n) is 2.83. The highest BCUT2D eigenvalue weighted by molar-refractivity contribution is 7.80. The van der Waals surface area contributed by atoms with E-state index in [0.717, 1.165) is 0 Å². The highest BCUT2D eigenvalue weighted by Gasteiger charge is 2.45. The van der Waals surface area contributed by atoms with E-state index in [1.165, 1.54) is 6.20 Å². The van der Waals surface area contributed by atoms with Crippen molar-refractivity contribution in [1.82, 2.24) is 14.8 Å². The quantitative estimate of drug-likeness (QED) is 0.550. The summed E-state index contributed by atoms with van der Waals surface area (Å²) in [6, 6.07) is 3.45. The predicted molar refractivity (Wildman–Crippen MR) is 98.5 cm³/mol. The van der Waals surface area contributed by atoms with Gasteiger partial charge in [-0.2, -0.15) is 0 Å². The summed E-state index contributed by atoms with van der Waals surface area (Å²) in [5.41, 5.74) is -1.20. The molecule has 0 bridgehead atoms. The minimum atomic E-state index is -1.42. The molecule has 0 saturated heterocycles. The Labute approximate surface area is 156 Å². The van der Waals surface area contributed by atoms with E-state index in [4.69, 9.17) is 17.0 Å². The van der Waals surface area contributed by atoms with Crippen LogP contribution >= 0.6 is 12.2 Å². The first-order chi connectivity index (χ1) is 12.2. The molecular formula is C17H21N3O5S. The third-order valence-corrected chi connectivity index (χ3v) is 4.62. The molecule has 140 valence electrons. The number of fused-ring (bicyclic) bond motifs is 1. The lowest BCUT2D eigenvalue weighted by Crippen LogP contribution is -2.51. The van der Waals surface area contributed by atoms with E-state index in [-0.39, 0.29) is 24.4 Å². The molecule has 0 fully saturated rings. The molecule has 1 aromatic heterocycles. The van der Waals surface area contributed by atoms with Gasteiger partial charge in [-0.25, -0.2) is 14.6 Å². The molecule has 1 aromatic rings.